The Labute approximate surface area is 195 Å². The fraction of sp³-hybridized carbons (Fsp3) is 0.233. The summed E-state index contributed by atoms with van der Waals surface area (Å²) in [4.78, 5) is 11.0. The molecule has 0 saturated carbocycles. The van der Waals surface area contributed by atoms with Crippen LogP contribution >= 0.6 is 0 Å². The zero-order valence-corrected chi connectivity index (χ0v) is 19.3. The summed E-state index contributed by atoms with van der Waals surface area (Å²) in [5.41, 5.74) is 10.2. The molecule has 3 nitrogen and oxygen atoms in total. The van der Waals surface area contributed by atoms with Crippen LogP contribution in [0.3, 0.4) is 0 Å². The van der Waals surface area contributed by atoms with Gasteiger partial charge in [0, 0.05) is 21.7 Å². The molecule has 3 aromatic carbocycles. The lowest BCUT2D eigenvalue weighted by Crippen LogP contribution is -2.26. The van der Waals surface area contributed by atoms with Gasteiger partial charge in [-0.05, 0) is 65.1 Å². The Morgan fingerprint density at radius 1 is 0.909 bits per heavy atom. The largest absolute Gasteiger partial charge is 0.565 e. The molecule has 1 aromatic heterocycles. The first-order valence-electron chi connectivity index (χ1n) is 11.7. The van der Waals surface area contributed by atoms with Gasteiger partial charge in [0.15, 0.2) is 0 Å². The van der Waals surface area contributed by atoms with Gasteiger partial charge in [-0.15, -0.1) is 0 Å². The molecule has 1 heterocycles. The normalized spacial score (nSPS) is 13.9. The Morgan fingerprint density at radius 3 is 2.33 bits per heavy atom. The third-order valence-electron chi connectivity index (χ3n) is 6.79. The van der Waals surface area contributed by atoms with E-state index in [1.54, 1.807) is 0 Å². The van der Waals surface area contributed by atoms with Gasteiger partial charge in [0.05, 0.1) is 5.69 Å². The topological polar surface area (TPSA) is 44.9 Å². The second-order valence-electron chi connectivity index (χ2n) is 9.64. The van der Waals surface area contributed by atoms with Crippen LogP contribution in [-0.2, 0) is 23.1 Å². The molecular formula is C30H30NO2+. The number of nitrogens with zero attached hydrogens (tertiary/aromatic N) is 1. The molecule has 0 atom stereocenters. The predicted molar refractivity (Wildman–Crippen MR) is 135 cm³/mol. The molecule has 33 heavy (non-hydrogen) atoms. The van der Waals surface area contributed by atoms with E-state index in [1.807, 2.05) is 0 Å². The minimum Gasteiger partial charge on any atom is -0.565 e. The monoisotopic (exact) mass is 436 g/mol. The average Bonchev–Trinajstić information content (AvgIpc) is 3.19. The average molecular weight is 437 g/mol. The molecule has 1 aliphatic carbocycles. The summed E-state index contributed by atoms with van der Waals surface area (Å²) in [6.07, 6.45) is 2.83. The number of hydrogen-bond acceptors (Lipinski definition) is 1. The molecule has 0 aliphatic heterocycles. The number of fused-ring (bicyclic) bond motifs is 3. The maximum absolute atomic E-state index is 11.0. The number of benzene rings is 3. The van der Waals surface area contributed by atoms with Crippen LogP contribution in [0.4, 0.5) is 0 Å². The molecule has 0 fully saturated rings. The summed E-state index contributed by atoms with van der Waals surface area (Å²) in [5, 5.41) is 7.11. The highest BCUT2D eigenvalue weighted by molar-refractivity contribution is 5.81. The van der Waals surface area contributed by atoms with Crippen molar-refractivity contribution in [2.24, 2.45) is 0 Å². The first-order valence-corrected chi connectivity index (χ1v) is 11.7. The number of hydrogen-bond donors (Lipinski definition) is 0. The fourth-order valence-corrected chi connectivity index (χ4v) is 5.16. The van der Waals surface area contributed by atoms with Gasteiger partial charge >= 0.3 is 5.97 Å². The number of aromatic nitrogens is 1. The molecule has 5 rings (SSSR count). The molecule has 0 saturated heterocycles. The maximum atomic E-state index is 11.0. The summed E-state index contributed by atoms with van der Waals surface area (Å²) in [7, 11) is 0. The van der Waals surface area contributed by atoms with Crippen molar-refractivity contribution < 1.29 is 9.90 Å². The van der Waals surface area contributed by atoms with Gasteiger partial charge in [0.1, 0.15) is 6.42 Å². The molecule has 0 bridgehead atoms. The van der Waals surface area contributed by atoms with Gasteiger partial charge < -0.3 is 9.67 Å². The van der Waals surface area contributed by atoms with E-state index >= 15 is 0 Å². The van der Waals surface area contributed by atoms with Crippen LogP contribution in [0.25, 0.3) is 28.1 Å². The van der Waals surface area contributed by atoms with Crippen LogP contribution in [0.5, 0.6) is 0 Å². The van der Waals surface area contributed by atoms with E-state index in [2.05, 4.69) is 103 Å². The molecule has 0 spiro atoms. The van der Waals surface area contributed by atoms with Gasteiger partial charge in [0.2, 0.25) is 0 Å². The van der Waals surface area contributed by atoms with Crippen molar-refractivity contribution in [2.75, 3.05) is 0 Å². The second kappa shape index (κ2) is 8.40. The Hall–Kier alpha value is -3.59. The van der Waals surface area contributed by atoms with Crippen LogP contribution in [0.1, 0.15) is 43.5 Å². The van der Waals surface area contributed by atoms with Gasteiger partial charge in [-0.25, -0.2) is 0 Å². The Bertz CT molecular complexity index is 1300. The lowest BCUT2D eigenvalue weighted by molar-refractivity contribution is -0.137. The van der Waals surface area contributed by atoms with Crippen molar-refractivity contribution in [3.63, 3.8) is 0 Å². The van der Waals surface area contributed by atoms with Crippen LogP contribution in [0.15, 0.2) is 84.9 Å². The third kappa shape index (κ3) is 4.00. The quantitative estimate of drug-likeness (QED) is 0.331. The molecular weight excluding hydrogens is 406 g/mol. The zero-order chi connectivity index (χ0) is 23.0. The standard InChI is InChI=1S/C30H29NO2/c1-30(2)20-28-25(24-12-6-7-13-26(24)30)19-27(22-10-4-3-5-11-22)31(28)23-17-15-21(16-18-23)9-8-14-29(32)33/h3-7,10-13,15-19H,8-9,14,20H2,1-2H3,(H,32,33)/p+1. The molecule has 1 aliphatic rings. The highest BCUT2D eigenvalue weighted by Gasteiger charge is 2.34. The van der Waals surface area contributed by atoms with Crippen LogP contribution in [0, 0.1) is 0 Å². The van der Waals surface area contributed by atoms with E-state index < -0.39 is 5.97 Å². The van der Waals surface area contributed by atoms with Crippen LogP contribution < -0.4 is 0 Å². The van der Waals surface area contributed by atoms with Crippen molar-refractivity contribution in [1.82, 2.24) is 4.57 Å². The minimum atomic E-state index is -0.485. The number of aryl methyl sites for hydroxylation is 1. The van der Waals surface area contributed by atoms with E-state index in [1.165, 1.54) is 39.2 Å². The van der Waals surface area contributed by atoms with Crippen molar-refractivity contribution in [3.8, 4) is 28.1 Å². The Kier molecular flexibility index (Phi) is 5.41. The smallest absolute Gasteiger partial charge is 0.515 e. The molecule has 0 amide bonds. The van der Waals surface area contributed by atoms with Gasteiger partial charge in [-0.2, -0.15) is 0 Å². The molecule has 0 radical (unpaired) electrons. The molecule has 2 N–H and O–H groups in total. The number of carbonyl (C=O) groups is 1. The first-order chi connectivity index (χ1) is 15.9. The summed E-state index contributed by atoms with van der Waals surface area (Å²) >= 11 is 0. The Morgan fingerprint density at radius 2 is 1.61 bits per heavy atom. The number of rotatable bonds is 6. The third-order valence-corrected chi connectivity index (χ3v) is 6.79. The Balaban J connectivity index is 1.63. The van der Waals surface area contributed by atoms with Gasteiger partial charge in [-0.1, -0.05) is 80.6 Å². The van der Waals surface area contributed by atoms with Gasteiger partial charge in [0.25, 0.3) is 0 Å². The van der Waals surface area contributed by atoms with E-state index in [-0.39, 0.29) is 5.41 Å². The van der Waals surface area contributed by atoms with Crippen molar-refractivity contribution in [2.45, 2.75) is 44.9 Å². The second-order valence-corrected chi connectivity index (χ2v) is 9.64. The number of carbonyl (C=O) groups excluding carboxylic acids is 1. The van der Waals surface area contributed by atoms with E-state index in [0.29, 0.717) is 6.42 Å². The SMILES string of the molecule is CC1(C)Cc2c(cc(-c3ccccc3)n2-c2ccc(CCCC(=O)[OH2+])cc2)-c2ccccc21. The van der Waals surface area contributed by atoms with Crippen molar-refractivity contribution in [3.05, 3.63) is 102 Å². The summed E-state index contributed by atoms with van der Waals surface area (Å²) in [6.45, 7) is 4.68. The summed E-state index contributed by atoms with van der Waals surface area (Å²) in [5.74, 6) is -0.485. The first kappa shape index (κ1) is 21.3. The van der Waals surface area contributed by atoms with E-state index in [9.17, 15) is 4.79 Å². The highest BCUT2D eigenvalue weighted by Crippen LogP contribution is 2.46. The van der Waals surface area contributed by atoms with Crippen molar-refractivity contribution >= 4 is 5.97 Å². The fourth-order valence-electron chi connectivity index (χ4n) is 5.16. The zero-order valence-electron chi connectivity index (χ0n) is 19.3. The maximum Gasteiger partial charge on any atom is 0.515 e. The minimum absolute atomic E-state index is 0.0520. The van der Waals surface area contributed by atoms with E-state index in [0.717, 1.165) is 24.9 Å². The van der Waals surface area contributed by atoms with Crippen LogP contribution in [0.2, 0.25) is 0 Å². The molecule has 0 unspecified atom stereocenters. The highest BCUT2D eigenvalue weighted by atomic mass is 16.4. The molecule has 166 valence electrons. The van der Waals surface area contributed by atoms with Crippen molar-refractivity contribution in [1.29, 1.82) is 0 Å². The lowest BCUT2D eigenvalue weighted by Gasteiger charge is -2.33. The predicted octanol–water partition coefficient (Wildman–Crippen LogP) is 6.22. The molecule has 3 heteroatoms. The lowest BCUT2D eigenvalue weighted by atomic mass is 9.72. The molecule has 4 aromatic rings. The summed E-state index contributed by atoms with van der Waals surface area (Å²) in [6, 6.07) is 30.5. The summed E-state index contributed by atoms with van der Waals surface area (Å²) < 4.78 is 2.43. The van der Waals surface area contributed by atoms with Gasteiger partial charge in [-0.3, -0.25) is 0 Å². The van der Waals surface area contributed by atoms with Crippen LogP contribution in [-0.4, -0.2) is 15.6 Å². The van der Waals surface area contributed by atoms with E-state index in [4.69, 9.17) is 5.11 Å².